The van der Waals surface area contributed by atoms with Crippen LogP contribution in [0, 0.1) is 0 Å². The van der Waals surface area contributed by atoms with Gasteiger partial charge in [0.15, 0.2) is 0 Å². The van der Waals surface area contributed by atoms with Gasteiger partial charge in [-0.05, 0) is 11.6 Å². The van der Waals surface area contributed by atoms with Crippen molar-refractivity contribution in [2.24, 2.45) is 0 Å². The molecular formula is C11H13BN2O3. The molecule has 17 heavy (non-hydrogen) atoms. The average molecular weight is 232 g/mol. The van der Waals surface area contributed by atoms with Gasteiger partial charge in [-0.25, -0.2) is 4.98 Å². The largest absolute Gasteiger partial charge is 0.497 e. The van der Waals surface area contributed by atoms with E-state index < -0.39 is 7.12 Å². The molecule has 0 amide bonds. The van der Waals surface area contributed by atoms with Crippen molar-refractivity contribution in [2.45, 2.75) is 6.54 Å². The summed E-state index contributed by atoms with van der Waals surface area (Å²) in [6, 6.07) is 5.31. The van der Waals surface area contributed by atoms with E-state index in [9.17, 15) is 10.0 Å². The molecule has 0 spiro atoms. The van der Waals surface area contributed by atoms with Gasteiger partial charge >= 0.3 is 7.12 Å². The van der Waals surface area contributed by atoms with Crippen molar-refractivity contribution in [3.05, 3.63) is 42.5 Å². The molecule has 0 saturated heterocycles. The van der Waals surface area contributed by atoms with E-state index in [0.717, 1.165) is 5.56 Å². The number of methoxy groups -OCH3 is 1. The molecule has 0 fully saturated rings. The summed E-state index contributed by atoms with van der Waals surface area (Å²) in [6.45, 7) is 0.629. The molecule has 2 rings (SSSR count). The van der Waals surface area contributed by atoms with Gasteiger partial charge in [-0.2, -0.15) is 0 Å². The molecule has 0 atom stereocenters. The maximum absolute atomic E-state index is 9.24. The summed E-state index contributed by atoms with van der Waals surface area (Å²) >= 11 is 0. The minimum absolute atomic E-state index is 0.366. The van der Waals surface area contributed by atoms with E-state index in [1.54, 1.807) is 24.7 Å². The van der Waals surface area contributed by atoms with E-state index in [-0.39, 0.29) is 0 Å². The molecular weight excluding hydrogens is 219 g/mol. The molecule has 2 N–H and O–H groups in total. The SMILES string of the molecule is COc1ccc(Cn2ccnc2)cc1B(O)O. The number of rotatable bonds is 4. The zero-order valence-electron chi connectivity index (χ0n) is 9.45. The molecule has 0 bridgehead atoms. The summed E-state index contributed by atoms with van der Waals surface area (Å²) in [5, 5.41) is 18.5. The highest BCUT2D eigenvalue weighted by Gasteiger charge is 2.17. The minimum Gasteiger partial charge on any atom is -0.497 e. The van der Waals surface area contributed by atoms with Gasteiger partial charge in [0.2, 0.25) is 0 Å². The Balaban J connectivity index is 2.27. The lowest BCUT2D eigenvalue weighted by Crippen LogP contribution is -2.31. The van der Waals surface area contributed by atoms with E-state index >= 15 is 0 Å². The fourth-order valence-electron chi connectivity index (χ4n) is 1.68. The number of aromatic nitrogens is 2. The van der Waals surface area contributed by atoms with Crippen LogP contribution in [0.4, 0.5) is 0 Å². The van der Waals surface area contributed by atoms with E-state index in [1.165, 1.54) is 7.11 Å². The summed E-state index contributed by atoms with van der Waals surface area (Å²) in [5.41, 5.74) is 1.32. The lowest BCUT2D eigenvalue weighted by molar-refractivity contribution is 0.403. The van der Waals surface area contributed by atoms with Gasteiger partial charge in [0.1, 0.15) is 5.75 Å². The second-order valence-corrected chi connectivity index (χ2v) is 3.68. The number of hydrogen-bond acceptors (Lipinski definition) is 4. The highest BCUT2D eigenvalue weighted by atomic mass is 16.5. The van der Waals surface area contributed by atoms with Crippen LogP contribution in [0.25, 0.3) is 0 Å². The molecule has 0 saturated carbocycles. The summed E-state index contributed by atoms with van der Waals surface area (Å²) in [7, 11) is -0.0378. The van der Waals surface area contributed by atoms with Crippen molar-refractivity contribution in [3.63, 3.8) is 0 Å². The Hall–Kier alpha value is -1.79. The van der Waals surface area contributed by atoms with Crippen LogP contribution < -0.4 is 10.2 Å². The summed E-state index contributed by atoms with van der Waals surface area (Å²) in [6.07, 6.45) is 5.25. The first-order valence-electron chi connectivity index (χ1n) is 5.19. The fraction of sp³-hybridized carbons (Fsp3) is 0.182. The van der Waals surface area contributed by atoms with Crippen LogP contribution in [0.15, 0.2) is 36.9 Å². The number of imidazole rings is 1. The maximum atomic E-state index is 9.24. The molecule has 0 aliphatic carbocycles. The molecule has 88 valence electrons. The Morgan fingerprint density at radius 2 is 2.24 bits per heavy atom. The number of hydrogen-bond donors (Lipinski definition) is 2. The van der Waals surface area contributed by atoms with E-state index in [0.29, 0.717) is 17.8 Å². The van der Waals surface area contributed by atoms with E-state index in [2.05, 4.69) is 4.98 Å². The van der Waals surface area contributed by atoms with Gasteiger partial charge in [0.25, 0.3) is 0 Å². The summed E-state index contributed by atoms with van der Waals surface area (Å²) in [5.74, 6) is 0.467. The Labute approximate surface area is 99.5 Å². The molecule has 0 aliphatic heterocycles. The highest BCUT2D eigenvalue weighted by Crippen LogP contribution is 2.11. The van der Waals surface area contributed by atoms with Crippen LogP contribution >= 0.6 is 0 Å². The summed E-state index contributed by atoms with van der Waals surface area (Å²) < 4.78 is 6.96. The molecule has 1 heterocycles. The zero-order valence-corrected chi connectivity index (χ0v) is 9.45. The second-order valence-electron chi connectivity index (χ2n) is 3.68. The fourth-order valence-corrected chi connectivity index (χ4v) is 1.68. The van der Waals surface area contributed by atoms with Crippen LogP contribution in [-0.2, 0) is 6.54 Å². The number of ether oxygens (including phenoxy) is 1. The number of benzene rings is 1. The van der Waals surface area contributed by atoms with Crippen LogP contribution in [-0.4, -0.2) is 33.8 Å². The standard InChI is InChI=1S/C11H13BN2O3/c1-17-11-3-2-9(6-10(11)12(15)16)7-14-5-4-13-8-14/h2-6,8,15-16H,7H2,1H3. The third kappa shape index (κ3) is 2.66. The Kier molecular flexibility index (Phi) is 3.46. The van der Waals surface area contributed by atoms with Gasteiger partial charge in [-0.1, -0.05) is 12.1 Å². The van der Waals surface area contributed by atoms with Crippen LogP contribution in [0.2, 0.25) is 0 Å². The monoisotopic (exact) mass is 232 g/mol. The molecule has 0 aliphatic rings. The number of nitrogens with zero attached hydrogens (tertiary/aromatic N) is 2. The Morgan fingerprint density at radius 1 is 1.41 bits per heavy atom. The van der Waals surface area contributed by atoms with Crippen LogP contribution in [0.3, 0.4) is 0 Å². The van der Waals surface area contributed by atoms with Crippen molar-refractivity contribution in [3.8, 4) is 5.75 Å². The lowest BCUT2D eigenvalue weighted by atomic mass is 9.78. The molecule has 2 aromatic rings. The second kappa shape index (κ2) is 5.03. The molecule has 0 radical (unpaired) electrons. The van der Waals surface area contributed by atoms with Crippen molar-refractivity contribution < 1.29 is 14.8 Å². The first kappa shape index (κ1) is 11.7. The van der Waals surface area contributed by atoms with Crippen LogP contribution in [0.1, 0.15) is 5.56 Å². The van der Waals surface area contributed by atoms with Crippen molar-refractivity contribution in [1.82, 2.24) is 9.55 Å². The maximum Gasteiger partial charge on any atom is 0.492 e. The zero-order chi connectivity index (χ0) is 12.3. The first-order valence-corrected chi connectivity index (χ1v) is 5.19. The van der Waals surface area contributed by atoms with Crippen LogP contribution in [0.5, 0.6) is 5.75 Å². The summed E-state index contributed by atoms with van der Waals surface area (Å²) in [4.78, 5) is 3.95. The Morgan fingerprint density at radius 3 is 2.82 bits per heavy atom. The normalized spacial score (nSPS) is 10.3. The first-order chi connectivity index (χ1) is 8.20. The average Bonchev–Trinajstić information content (AvgIpc) is 2.81. The predicted octanol–water partition coefficient (Wildman–Crippen LogP) is -0.380. The minimum atomic E-state index is -1.53. The van der Waals surface area contributed by atoms with Gasteiger partial charge in [-0.15, -0.1) is 0 Å². The Bertz CT molecular complexity index is 485. The third-order valence-corrected chi connectivity index (χ3v) is 2.50. The van der Waals surface area contributed by atoms with Gasteiger partial charge in [-0.3, -0.25) is 0 Å². The van der Waals surface area contributed by atoms with Gasteiger partial charge in [0.05, 0.1) is 13.4 Å². The molecule has 1 aromatic carbocycles. The topological polar surface area (TPSA) is 67.5 Å². The van der Waals surface area contributed by atoms with Gasteiger partial charge in [0, 0.05) is 24.4 Å². The quantitative estimate of drug-likeness (QED) is 0.705. The lowest BCUT2D eigenvalue weighted by Gasteiger charge is -2.10. The molecule has 6 heteroatoms. The highest BCUT2D eigenvalue weighted by molar-refractivity contribution is 6.59. The van der Waals surface area contributed by atoms with E-state index in [4.69, 9.17) is 4.74 Å². The van der Waals surface area contributed by atoms with E-state index in [1.807, 2.05) is 16.8 Å². The molecule has 0 unspecified atom stereocenters. The molecule has 5 nitrogen and oxygen atoms in total. The van der Waals surface area contributed by atoms with Crippen molar-refractivity contribution in [1.29, 1.82) is 0 Å². The van der Waals surface area contributed by atoms with Gasteiger partial charge < -0.3 is 19.4 Å². The third-order valence-electron chi connectivity index (χ3n) is 2.50. The van der Waals surface area contributed by atoms with Crippen molar-refractivity contribution >= 4 is 12.6 Å². The van der Waals surface area contributed by atoms with Crippen molar-refractivity contribution in [2.75, 3.05) is 7.11 Å². The molecule has 1 aromatic heterocycles. The smallest absolute Gasteiger partial charge is 0.492 e. The predicted molar refractivity (Wildman–Crippen MR) is 64.1 cm³/mol.